The van der Waals surface area contributed by atoms with Crippen LogP contribution in [-0.2, 0) is 0 Å². The highest BCUT2D eigenvalue weighted by molar-refractivity contribution is 5.72. The highest BCUT2D eigenvalue weighted by Gasteiger charge is 2.33. The number of urea groups is 1. The van der Waals surface area contributed by atoms with Crippen molar-refractivity contribution in [2.24, 2.45) is 17.6 Å². The fourth-order valence-corrected chi connectivity index (χ4v) is 1.87. The molecular formula is C9H18N2O2. The topological polar surface area (TPSA) is 66.6 Å². The van der Waals surface area contributed by atoms with E-state index in [-0.39, 0.29) is 5.92 Å². The lowest BCUT2D eigenvalue weighted by Crippen LogP contribution is -2.34. The molecule has 4 heteroatoms. The Morgan fingerprint density at radius 3 is 2.62 bits per heavy atom. The second kappa shape index (κ2) is 3.96. The summed E-state index contributed by atoms with van der Waals surface area (Å²) in [5, 5.41) is 9.61. The summed E-state index contributed by atoms with van der Waals surface area (Å²) in [6.07, 6.45) is 0.556. The molecule has 2 amide bonds. The maximum Gasteiger partial charge on any atom is 0.314 e. The van der Waals surface area contributed by atoms with Gasteiger partial charge < -0.3 is 15.7 Å². The van der Waals surface area contributed by atoms with E-state index < -0.39 is 12.1 Å². The largest absolute Gasteiger partial charge is 0.391 e. The zero-order chi connectivity index (χ0) is 10.0. The molecule has 1 fully saturated rings. The van der Waals surface area contributed by atoms with E-state index in [0.29, 0.717) is 19.0 Å². The van der Waals surface area contributed by atoms with E-state index in [2.05, 4.69) is 13.8 Å². The molecule has 13 heavy (non-hydrogen) atoms. The molecule has 0 aromatic rings. The Labute approximate surface area is 78.7 Å². The van der Waals surface area contributed by atoms with Crippen molar-refractivity contribution in [3.8, 4) is 0 Å². The summed E-state index contributed by atoms with van der Waals surface area (Å²) in [6.45, 7) is 5.22. The van der Waals surface area contributed by atoms with Crippen LogP contribution in [0.2, 0.25) is 0 Å². The molecule has 0 aromatic carbocycles. The van der Waals surface area contributed by atoms with Gasteiger partial charge in [0.1, 0.15) is 0 Å². The van der Waals surface area contributed by atoms with Crippen LogP contribution in [0.3, 0.4) is 0 Å². The van der Waals surface area contributed by atoms with E-state index in [4.69, 9.17) is 5.73 Å². The van der Waals surface area contributed by atoms with Gasteiger partial charge in [-0.05, 0) is 12.3 Å². The molecule has 4 nitrogen and oxygen atoms in total. The zero-order valence-electron chi connectivity index (χ0n) is 8.23. The van der Waals surface area contributed by atoms with Crippen molar-refractivity contribution in [1.29, 1.82) is 0 Å². The number of β-amino-alcohol motifs (C(OH)–C–C–N with tert-alkyl or cyclic N) is 1. The van der Waals surface area contributed by atoms with Crippen LogP contribution in [0.5, 0.6) is 0 Å². The van der Waals surface area contributed by atoms with Gasteiger partial charge in [-0.3, -0.25) is 0 Å². The van der Waals surface area contributed by atoms with Gasteiger partial charge in [0.15, 0.2) is 0 Å². The lowest BCUT2D eigenvalue weighted by molar-refractivity contribution is 0.132. The van der Waals surface area contributed by atoms with Crippen molar-refractivity contribution in [3.05, 3.63) is 0 Å². The quantitative estimate of drug-likeness (QED) is 0.655. The first kappa shape index (κ1) is 10.3. The smallest absolute Gasteiger partial charge is 0.314 e. The highest BCUT2D eigenvalue weighted by Crippen LogP contribution is 2.23. The SMILES string of the molecule is CC(C)C[C@@H]1CN(C(N)=O)C[C@@H]1O. The predicted octanol–water partition coefficient (Wildman–Crippen LogP) is 0.404. The van der Waals surface area contributed by atoms with E-state index in [1.165, 1.54) is 4.90 Å². The Hall–Kier alpha value is -0.770. The molecule has 0 spiro atoms. The number of primary amides is 1. The van der Waals surface area contributed by atoms with Crippen molar-refractivity contribution in [2.45, 2.75) is 26.4 Å². The predicted molar refractivity (Wildman–Crippen MR) is 50.1 cm³/mol. The van der Waals surface area contributed by atoms with Crippen LogP contribution in [-0.4, -0.2) is 35.2 Å². The van der Waals surface area contributed by atoms with Crippen LogP contribution in [0, 0.1) is 11.8 Å². The second-order valence-electron chi connectivity index (χ2n) is 4.20. The Kier molecular flexibility index (Phi) is 3.14. The molecule has 0 radical (unpaired) electrons. The molecule has 3 N–H and O–H groups in total. The van der Waals surface area contributed by atoms with Gasteiger partial charge in [0.2, 0.25) is 0 Å². The molecule has 0 aliphatic carbocycles. The highest BCUT2D eigenvalue weighted by atomic mass is 16.3. The van der Waals surface area contributed by atoms with E-state index in [1.807, 2.05) is 0 Å². The number of carbonyl (C=O) groups is 1. The van der Waals surface area contributed by atoms with E-state index in [1.54, 1.807) is 0 Å². The fourth-order valence-electron chi connectivity index (χ4n) is 1.87. The minimum Gasteiger partial charge on any atom is -0.391 e. The molecule has 1 aliphatic rings. The maximum absolute atomic E-state index is 10.8. The third-order valence-corrected chi connectivity index (χ3v) is 2.49. The molecule has 1 aliphatic heterocycles. The number of carbonyl (C=O) groups excluding carboxylic acids is 1. The molecule has 1 rings (SSSR count). The normalized spacial score (nSPS) is 28.5. The third-order valence-electron chi connectivity index (χ3n) is 2.49. The summed E-state index contributed by atoms with van der Waals surface area (Å²) < 4.78 is 0. The number of nitrogens with two attached hydrogens (primary N) is 1. The lowest BCUT2D eigenvalue weighted by Gasteiger charge is -2.15. The molecule has 0 aromatic heterocycles. The summed E-state index contributed by atoms with van der Waals surface area (Å²) >= 11 is 0. The maximum atomic E-state index is 10.8. The molecule has 0 bridgehead atoms. The Balaban J connectivity index is 2.46. The van der Waals surface area contributed by atoms with Crippen LogP contribution in [0.4, 0.5) is 4.79 Å². The van der Waals surface area contributed by atoms with Gasteiger partial charge in [-0.25, -0.2) is 4.79 Å². The van der Waals surface area contributed by atoms with Crippen LogP contribution in [0.25, 0.3) is 0 Å². The van der Waals surface area contributed by atoms with Gasteiger partial charge in [0.05, 0.1) is 6.10 Å². The third kappa shape index (κ3) is 2.59. The fraction of sp³-hybridized carbons (Fsp3) is 0.889. The zero-order valence-corrected chi connectivity index (χ0v) is 8.23. The lowest BCUT2D eigenvalue weighted by atomic mass is 9.95. The Bertz CT molecular complexity index is 194. The van der Waals surface area contributed by atoms with Crippen molar-refractivity contribution >= 4 is 6.03 Å². The summed E-state index contributed by atoms with van der Waals surface area (Å²) in [5.41, 5.74) is 5.13. The molecule has 0 saturated carbocycles. The number of rotatable bonds is 2. The molecule has 1 saturated heterocycles. The first-order valence-corrected chi connectivity index (χ1v) is 4.73. The van der Waals surface area contributed by atoms with Crippen LogP contribution >= 0.6 is 0 Å². The van der Waals surface area contributed by atoms with Crippen LogP contribution in [0.1, 0.15) is 20.3 Å². The molecular weight excluding hydrogens is 168 g/mol. The van der Waals surface area contributed by atoms with E-state index >= 15 is 0 Å². The monoisotopic (exact) mass is 186 g/mol. The van der Waals surface area contributed by atoms with Crippen molar-refractivity contribution < 1.29 is 9.90 Å². The second-order valence-corrected chi connectivity index (χ2v) is 4.20. The Morgan fingerprint density at radius 1 is 1.62 bits per heavy atom. The summed E-state index contributed by atoms with van der Waals surface area (Å²) in [4.78, 5) is 12.3. The van der Waals surface area contributed by atoms with Gasteiger partial charge in [0, 0.05) is 19.0 Å². The van der Waals surface area contributed by atoms with Gasteiger partial charge in [-0.15, -0.1) is 0 Å². The summed E-state index contributed by atoms with van der Waals surface area (Å²) in [7, 11) is 0. The number of amides is 2. The molecule has 1 heterocycles. The summed E-state index contributed by atoms with van der Waals surface area (Å²) in [6, 6.07) is -0.426. The number of likely N-dealkylation sites (tertiary alicyclic amines) is 1. The average Bonchev–Trinajstić information content (AvgIpc) is 2.31. The number of hydrogen-bond acceptors (Lipinski definition) is 2. The van der Waals surface area contributed by atoms with Crippen LogP contribution in [0.15, 0.2) is 0 Å². The minimum absolute atomic E-state index is 0.201. The average molecular weight is 186 g/mol. The number of hydrogen-bond donors (Lipinski definition) is 2. The molecule has 0 unspecified atom stereocenters. The van der Waals surface area contributed by atoms with Gasteiger partial charge in [0.25, 0.3) is 0 Å². The molecule has 2 atom stereocenters. The van der Waals surface area contributed by atoms with Crippen molar-refractivity contribution in [2.75, 3.05) is 13.1 Å². The van der Waals surface area contributed by atoms with Crippen LogP contribution < -0.4 is 5.73 Å². The first-order chi connectivity index (χ1) is 6.00. The van der Waals surface area contributed by atoms with Gasteiger partial charge in [-0.1, -0.05) is 13.8 Å². The number of nitrogens with zero attached hydrogens (tertiary/aromatic N) is 1. The minimum atomic E-state index is -0.426. The number of aliphatic hydroxyl groups is 1. The first-order valence-electron chi connectivity index (χ1n) is 4.73. The standard InChI is InChI=1S/C9H18N2O2/c1-6(2)3-7-4-11(9(10)13)5-8(7)12/h6-8,12H,3-5H2,1-2H3,(H2,10,13)/t7-,8+/m1/s1. The van der Waals surface area contributed by atoms with Gasteiger partial charge in [-0.2, -0.15) is 0 Å². The van der Waals surface area contributed by atoms with E-state index in [9.17, 15) is 9.90 Å². The van der Waals surface area contributed by atoms with Gasteiger partial charge >= 0.3 is 6.03 Å². The molecule has 76 valence electrons. The summed E-state index contributed by atoms with van der Waals surface area (Å²) in [5.74, 6) is 0.750. The number of aliphatic hydroxyl groups excluding tert-OH is 1. The van der Waals surface area contributed by atoms with E-state index in [0.717, 1.165) is 6.42 Å². The Morgan fingerprint density at radius 2 is 2.23 bits per heavy atom. The van der Waals surface area contributed by atoms with Crippen molar-refractivity contribution in [3.63, 3.8) is 0 Å². The van der Waals surface area contributed by atoms with Crippen molar-refractivity contribution in [1.82, 2.24) is 4.90 Å².